The first-order chi connectivity index (χ1) is 9.79. The summed E-state index contributed by atoms with van der Waals surface area (Å²) in [7, 11) is 0. The molecule has 1 saturated heterocycles. The van der Waals surface area contributed by atoms with Crippen molar-refractivity contribution in [3.63, 3.8) is 0 Å². The van der Waals surface area contributed by atoms with E-state index in [2.05, 4.69) is 34.3 Å². The zero-order valence-corrected chi connectivity index (χ0v) is 12.5. The molecule has 1 atom stereocenters. The number of nitrogens with one attached hydrogen (secondary N) is 1. The first kappa shape index (κ1) is 13.7. The van der Waals surface area contributed by atoms with E-state index in [4.69, 9.17) is 11.6 Å². The van der Waals surface area contributed by atoms with E-state index in [-0.39, 0.29) is 0 Å². The van der Waals surface area contributed by atoms with Crippen molar-refractivity contribution in [2.24, 2.45) is 0 Å². The number of piperidine rings is 1. The van der Waals surface area contributed by atoms with E-state index in [1.54, 1.807) is 0 Å². The van der Waals surface area contributed by atoms with Gasteiger partial charge in [0.05, 0.1) is 5.52 Å². The van der Waals surface area contributed by atoms with Gasteiger partial charge >= 0.3 is 0 Å². The molecule has 0 bridgehead atoms. The molecule has 3 rings (SSSR count). The van der Waals surface area contributed by atoms with E-state index in [0.29, 0.717) is 6.04 Å². The van der Waals surface area contributed by atoms with Gasteiger partial charge in [0.15, 0.2) is 0 Å². The molecule has 1 aromatic carbocycles. The van der Waals surface area contributed by atoms with Gasteiger partial charge in [0.25, 0.3) is 0 Å². The first-order valence-electron chi connectivity index (χ1n) is 7.31. The molecule has 0 radical (unpaired) electrons. The number of aromatic nitrogens is 1. The lowest BCUT2D eigenvalue weighted by molar-refractivity contribution is 0.436. The third-order valence-corrected chi connectivity index (χ3v) is 4.28. The highest BCUT2D eigenvalue weighted by Gasteiger charge is 2.21. The summed E-state index contributed by atoms with van der Waals surface area (Å²) in [6, 6.07) is 8.65. The molecule has 1 aliphatic rings. The van der Waals surface area contributed by atoms with Gasteiger partial charge in [-0.05, 0) is 50.6 Å². The van der Waals surface area contributed by atoms with Gasteiger partial charge in [-0.25, -0.2) is 0 Å². The fourth-order valence-electron chi connectivity index (χ4n) is 3.08. The molecule has 1 fully saturated rings. The van der Waals surface area contributed by atoms with Crippen molar-refractivity contribution in [1.29, 1.82) is 0 Å². The van der Waals surface area contributed by atoms with Crippen LogP contribution in [-0.4, -0.2) is 30.7 Å². The van der Waals surface area contributed by atoms with Crippen molar-refractivity contribution < 1.29 is 0 Å². The van der Waals surface area contributed by atoms with Crippen LogP contribution in [0.1, 0.15) is 19.8 Å². The number of pyridine rings is 1. The van der Waals surface area contributed by atoms with Crippen molar-refractivity contribution >= 4 is 28.2 Å². The van der Waals surface area contributed by atoms with Gasteiger partial charge < -0.3 is 10.2 Å². The molecule has 1 aliphatic heterocycles. The lowest BCUT2D eigenvalue weighted by Gasteiger charge is -2.36. The predicted octanol–water partition coefficient (Wildman–Crippen LogP) is 3.47. The molecule has 3 nitrogen and oxygen atoms in total. The molecule has 106 valence electrons. The van der Waals surface area contributed by atoms with E-state index in [1.807, 2.05) is 18.3 Å². The van der Waals surface area contributed by atoms with E-state index >= 15 is 0 Å². The van der Waals surface area contributed by atoms with Crippen molar-refractivity contribution in [3.8, 4) is 0 Å². The van der Waals surface area contributed by atoms with E-state index in [0.717, 1.165) is 30.2 Å². The van der Waals surface area contributed by atoms with Crippen LogP contribution < -0.4 is 10.2 Å². The summed E-state index contributed by atoms with van der Waals surface area (Å²) >= 11 is 6.07. The Kier molecular flexibility index (Phi) is 4.08. The van der Waals surface area contributed by atoms with Crippen LogP contribution in [0.25, 0.3) is 10.9 Å². The Hall–Kier alpha value is -1.32. The summed E-state index contributed by atoms with van der Waals surface area (Å²) in [6.45, 7) is 5.43. The van der Waals surface area contributed by atoms with Crippen molar-refractivity contribution in [2.45, 2.75) is 25.8 Å². The van der Waals surface area contributed by atoms with Gasteiger partial charge in [0, 0.05) is 41.4 Å². The first-order valence-corrected chi connectivity index (χ1v) is 7.69. The normalized spacial score (nSPS) is 19.2. The van der Waals surface area contributed by atoms with Crippen molar-refractivity contribution in [2.75, 3.05) is 24.5 Å². The second-order valence-corrected chi connectivity index (χ2v) is 5.71. The number of benzene rings is 1. The van der Waals surface area contributed by atoms with Gasteiger partial charge in [-0.2, -0.15) is 0 Å². The molecular formula is C16H20ClN3. The Morgan fingerprint density at radius 3 is 3.05 bits per heavy atom. The smallest absolute Gasteiger partial charge is 0.0737 e. The highest BCUT2D eigenvalue weighted by atomic mass is 35.5. The highest BCUT2D eigenvalue weighted by Crippen LogP contribution is 2.29. The number of halogens is 1. The van der Waals surface area contributed by atoms with E-state index < -0.39 is 0 Å². The maximum absolute atomic E-state index is 6.07. The maximum Gasteiger partial charge on any atom is 0.0737 e. The van der Waals surface area contributed by atoms with Crippen LogP contribution >= 0.6 is 11.6 Å². The van der Waals surface area contributed by atoms with Crippen LogP contribution in [0.3, 0.4) is 0 Å². The number of hydrogen-bond donors (Lipinski definition) is 1. The zero-order valence-electron chi connectivity index (χ0n) is 11.8. The van der Waals surface area contributed by atoms with Crippen LogP contribution in [0.5, 0.6) is 0 Å². The monoisotopic (exact) mass is 289 g/mol. The molecule has 2 heterocycles. The molecule has 1 unspecified atom stereocenters. The van der Waals surface area contributed by atoms with E-state index in [9.17, 15) is 0 Å². The van der Waals surface area contributed by atoms with Crippen LogP contribution in [0.4, 0.5) is 5.69 Å². The number of rotatable bonds is 3. The molecule has 4 heteroatoms. The fourth-order valence-corrected chi connectivity index (χ4v) is 3.25. The standard InChI is InChI=1S/C16H20ClN3/c1-2-20(13-4-3-8-18-11-13)16-7-9-19-15-10-12(17)5-6-14(15)16/h5-7,9-10,13,18H,2-4,8,11H2,1H3. The molecule has 0 saturated carbocycles. The molecule has 0 amide bonds. The van der Waals surface area contributed by atoms with Crippen LogP contribution in [0.2, 0.25) is 5.02 Å². The van der Waals surface area contributed by atoms with Crippen molar-refractivity contribution in [1.82, 2.24) is 10.3 Å². The zero-order chi connectivity index (χ0) is 13.9. The van der Waals surface area contributed by atoms with Crippen LogP contribution in [0, 0.1) is 0 Å². The number of likely N-dealkylation sites (N-methyl/N-ethyl adjacent to an activating group) is 1. The average molecular weight is 290 g/mol. The molecule has 1 aromatic heterocycles. The molecular weight excluding hydrogens is 270 g/mol. The Labute approximate surface area is 124 Å². The maximum atomic E-state index is 6.07. The van der Waals surface area contributed by atoms with Gasteiger partial charge in [0.2, 0.25) is 0 Å². The average Bonchev–Trinajstić information content (AvgIpc) is 2.49. The third kappa shape index (κ3) is 2.60. The fraction of sp³-hybridized carbons (Fsp3) is 0.438. The quantitative estimate of drug-likeness (QED) is 0.938. The van der Waals surface area contributed by atoms with Gasteiger partial charge in [-0.15, -0.1) is 0 Å². The van der Waals surface area contributed by atoms with Gasteiger partial charge in [-0.3, -0.25) is 4.98 Å². The predicted molar refractivity (Wildman–Crippen MR) is 85.7 cm³/mol. The van der Waals surface area contributed by atoms with Crippen molar-refractivity contribution in [3.05, 3.63) is 35.5 Å². The third-order valence-electron chi connectivity index (χ3n) is 4.04. The molecule has 0 aliphatic carbocycles. The topological polar surface area (TPSA) is 28.2 Å². The number of anilines is 1. The second-order valence-electron chi connectivity index (χ2n) is 5.28. The minimum atomic E-state index is 0.565. The molecule has 0 spiro atoms. The summed E-state index contributed by atoms with van der Waals surface area (Å²) in [4.78, 5) is 6.93. The summed E-state index contributed by atoms with van der Waals surface area (Å²) in [5.41, 5.74) is 2.24. The lowest BCUT2D eigenvalue weighted by Crippen LogP contribution is -2.46. The Bertz CT molecular complexity index is 593. The largest absolute Gasteiger partial charge is 0.367 e. The number of hydrogen-bond acceptors (Lipinski definition) is 3. The molecule has 2 aromatic rings. The Balaban J connectivity index is 2.02. The minimum Gasteiger partial charge on any atom is -0.367 e. The van der Waals surface area contributed by atoms with Gasteiger partial charge in [0.1, 0.15) is 0 Å². The summed E-state index contributed by atoms with van der Waals surface area (Å²) in [6.07, 6.45) is 4.38. The Morgan fingerprint density at radius 1 is 1.40 bits per heavy atom. The number of fused-ring (bicyclic) bond motifs is 1. The summed E-state index contributed by atoms with van der Waals surface area (Å²) < 4.78 is 0. The second kappa shape index (κ2) is 5.98. The molecule has 20 heavy (non-hydrogen) atoms. The number of nitrogens with zero attached hydrogens (tertiary/aromatic N) is 2. The molecule has 1 N–H and O–H groups in total. The Morgan fingerprint density at radius 2 is 2.30 bits per heavy atom. The minimum absolute atomic E-state index is 0.565. The van der Waals surface area contributed by atoms with Crippen LogP contribution in [0.15, 0.2) is 30.5 Å². The lowest BCUT2D eigenvalue weighted by atomic mass is 10.0. The summed E-state index contributed by atoms with van der Waals surface area (Å²) in [5, 5.41) is 5.42. The highest BCUT2D eigenvalue weighted by molar-refractivity contribution is 6.31. The van der Waals surface area contributed by atoms with Crippen LogP contribution in [-0.2, 0) is 0 Å². The summed E-state index contributed by atoms with van der Waals surface area (Å²) in [5.74, 6) is 0. The van der Waals surface area contributed by atoms with E-state index in [1.165, 1.54) is 23.9 Å². The SMILES string of the molecule is CCN(c1ccnc2cc(Cl)ccc12)C1CCCNC1. The van der Waals surface area contributed by atoms with Gasteiger partial charge in [-0.1, -0.05) is 11.6 Å².